The van der Waals surface area contributed by atoms with Gasteiger partial charge in [-0.2, -0.15) is 0 Å². The van der Waals surface area contributed by atoms with Crippen LogP contribution in [0.1, 0.15) is 39.2 Å². The summed E-state index contributed by atoms with van der Waals surface area (Å²) in [7, 11) is -2.13. The number of ether oxygens (including phenoxy) is 1. The largest absolute Gasteiger partial charge is 0.497 e. The Morgan fingerprint density at radius 3 is 2.41 bits per heavy atom. The number of benzene rings is 2. The molecule has 8 nitrogen and oxygen atoms in total. The first-order valence-corrected chi connectivity index (χ1v) is 14.6. The van der Waals surface area contributed by atoms with Crippen LogP contribution < -0.4 is 14.4 Å². The number of hydrogen-bond donors (Lipinski definition) is 1. The summed E-state index contributed by atoms with van der Waals surface area (Å²) in [6, 6.07) is 11.1. The number of nitrogens with one attached hydrogen (secondary N) is 1. The molecule has 0 spiro atoms. The average Bonchev–Trinajstić information content (AvgIpc) is 2.84. The highest BCUT2D eigenvalue weighted by Gasteiger charge is 2.27. The lowest BCUT2D eigenvalue weighted by Gasteiger charge is -2.30. The van der Waals surface area contributed by atoms with Gasteiger partial charge in [0.25, 0.3) is 0 Å². The number of rotatable bonds is 13. The maximum Gasteiger partial charge on any atom is 0.242 e. The van der Waals surface area contributed by atoms with Crippen LogP contribution in [0, 0.1) is 5.92 Å². The highest BCUT2D eigenvalue weighted by molar-refractivity contribution is 7.92. The van der Waals surface area contributed by atoms with E-state index in [9.17, 15) is 18.0 Å². The predicted molar refractivity (Wildman–Crippen MR) is 149 cm³/mol. The van der Waals surface area contributed by atoms with Crippen LogP contribution in [0.15, 0.2) is 42.5 Å². The summed E-state index contributed by atoms with van der Waals surface area (Å²) in [4.78, 5) is 27.7. The molecule has 11 heteroatoms. The maximum atomic E-state index is 13.4. The van der Waals surface area contributed by atoms with Crippen LogP contribution in [-0.4, -0.2) is 57.6 Å². The van der Waals surface area contributed by atoms with Crippen molar-refractivity contribution < 1.29 is 22.7 Å². The van der Waals surface area contributed by atoms with Crippen LogP contribution in [0.2, 0.25) is 10.0 Å². The highest BCUT2D eigenvalue weighted by Crippen LogP contribution is 2.31. The predicted octanol–water partition coefficient (Wildman–Crippen LogP) is 4.74. The van der Waals surface area contributed by atoms with Gasteiger partial charge in [-0.3, -0.25) is 13.9 Å². The third-order valence-electron chi connectivity index (χ3n) is 5.67. The molecule has 0 radical (unpaired) electrons. The molecule has 2 aromatic rings. The van der Waals surface area contributed by atoms with E-state index < -0.39 is 16.1 Å². The minimum atomic E-state index is -3.69. The van der Waals surface area contributed by atoms with Crippen molar-refractivity contribution in [2.75, 3.05) is 30.8 Å². The second kappa shape index (κ2) is 13.9. The molecule has 204 valence electrons. The molecule has 1 atom stereocenters. The smallest absolute Gasteiger partial charge is 0.242 e. The fraction of sp³-hybridized carbons (Fsp3) is 0.462. The first-order chi connectivity index (χ1) is 17.3. The molecule has 0 bridgehead atoms. The van der Waals surface area contributed by atoms with E-state index in [-0.39, 0.29) is 54.4 Å². The Kier molecular flexibility index (Phi) is 11.5. The van der Waals surface area contributed by atoms with Crippen molar-refractivity contribution in [2.45, 2.75) is 46.2 Å². The average molecular weight is 573 g/mol. The zero-order chi connectivity index (χ0) is 27.8. The molecule has 0 aliphatic rings. The van der Waals surface area contributed by atoms with Crippen molar-refractivity contribution in [2.24, 2.45) is 5.92 Å². The van der Waals surface area contributed by atoms with Gasteiger partial charge in [0, 0.05) is 31.1 Å². The fourth-order valence-corrected chi connectivity index (χ4v) is 5.07. The van der Waals surface area contributed by atoms with E-state index in [2.05, 4.69) is 5.32 Å². The highest BCUT2D eigenvalue weighted by atomic mass is 35.5. The summed E-state index contributed by atoms with van der Waals surface area (Å²) in [5.41, 5.74) is 1.05. The van der Waals surface area contributed by atoms with Gasteiger partial charge >= 0.3 is 0 Å². The maximum absolute atomic E-state index is 13.4. The molecular formula is C26H35Cl2N3O5S. The van der Waals surface area contributed by atoms with Crippen molar-refractivity contribution >= 4 is 50.7 Å². The molecule has 0 fully saturated rings. The standard InChI is InChI=1S/C26H35Cl2N3O5S/c1-18(2)16-29-26(33)19(3)30(17-20-8-6-9-22(14-20)36-4)25(32)10-7-13-31(37(5,34)35)24-15-21(27)11-12-23(24)28/h6,8-9,11-12,14-15,18-19H,7,10,13,16-17H2,1-5H3,(H,29,33)/t19-/m0/s1. The van der Waals surface area contributed by atoms with Gasteiger partial charge < -0.3 is 15.0 Å². The Bertz CT molecular complexity index is 1190. The molecule has 0 unspecified atom stereocenters. The van der Waals surface area contributed by atoms with Crippen LogP contribution in [0.25, 0.3) is 0 Å². The molecule has 2 rings (SSSR count). The van der Waals surface area contributed by atoms with Crippen molar-refractivity contribution in [1.82, 2.24) is 10.2 Å². The molecule has 1 N–H and O–H groups in total. The monoisotopic (exact) mass is 571 g/mol. The quantitative estimate of drug-likeness (QED) is 0.374. The summed E-state index contributed by atoms with van der Waals surface area (Å²) in [6.07, 6.45) is 1.31. The Morgan fingerprint density at radius 2 is 1.78 bits per heavy atom. The summed E-state index contributed by atoms with van der Waals surface area (Å²) in [5.74, 6) is 0.372. The zero-order valence-electron chi connectivity index (χ0n) is 21.8. The van der Waals surface area contributed by atoms with Crippen LogP contribution in [0.4, 0.5) is 5.69 Å². The topological polar surface area (TPSA) is 96.0 Å². The van der Waals surface area contributed by atoms with Crippen LogP contribution in [-0.2, 0) is 26.2 Å². The third-order valence-corrected chi connectivity index (χ3v) is 7.40. The number of methoxy groups -OCH3 is 1. The van der Waals surface area contributed by atoms with E-state index in [1.54, 1.807) is 26.2 Å². The molecule has 0 aromatic heterocycles. The summed E-state index contributed by atoms with van der Waals surface area (Å²) in [5, 5.41) is 3.46. The second-order valence-electron chi connectivity index (χ2n) is 9.22. The number of anilines is 1. The van der Waals surface area contributed by atoms with Gasteiger partial charge in [0.2, 0.25) is 21.8 Å². The molecule has 0 aliphatic carbocycles. The normalized spacial score (nSPS) is 12.2. The molecule has 2 amide bonds. The molecule has 0 saturated carbocycles. The number of amides is 2. The number of halogens is 2. The summed E-state index contributed by atoms with van der Waals surface area (Å²) in [6.45, 7) is 6.37. The van der Waals surface area contributed by atoms with Gasteiger partial charge in [0.1, 0.15) is 11.8 Å². The minimum Gasteiger partial charge on any atom is -0.497 e. The first-order valence-electron chi connectivity index (χ1n) is 12.0. The number of hydrogen-bond acceptors (Lipinski definition) is 5. The van der Waals surface area contributed by atoms with E-state index in [1.165, 1.54) is 17.0 Å². The molecule has 37 heavy (non-hydrogen) atoms. The molecule has 2 aromatic carbocycles. The van der Waals surface area contributed by atoms with E-state index in [0.717, 1.165) is 16.1 Å². The lowest BCUT2D eigenvalue weighted by molar-refractivity contribution is -0.140. The van der Waals surface area contributed by atoms with Gasteiger partial charge in [0.05, 0.1) is 24.1 Å². The Morgan fingerprint density at radius 1 is 1.08 bits per heavy atom. The van der Waals surface area contributed by atoms with E-state index >= 15 is 0 Å². The summed E-state index contributed by atoms with van der Waals surface area (Å²) < 4.78 is 31.4. The molecule has 0 heterocycles. The number of sulfonamides is 1. The summed E-state index contributed by atoms with van der Waals surface area (Å²) >= 11 is 12.3. The van der Waals surface area contributed by atoms with Gasteiger partial charge in [-0.25, -0.2) is 8.42 Å². The van der Waals surface area contributed by atoms with Crippen molar-refractivity contribution in [3.8, 4) is 5.75 Å². The Hall–Kier alpha value is -2.49. The van der Waals surface area contributed by atoms with Crippen LogP contribution in [0.5, 0.6) is 5.75 Å². The van der Waals surface area contributed by atoms with E-state index in [4.69, 9.17) is 27.9 Å². The fourth-order valence-electron chi connectivity index (χ4n) is 3.66. The zero-order valence-corrected chi connectivity index (χ0v) is 24.2. The number of carbonyl (C=O) groups excluding carboxylic acids is 2. The van der Waals surface area contributed by atoms with Crippen molar-refractivity contribution in [1.29, 1.82) is 0 Å². The number of nitrogens with zero attached hydrogens (tertiary/aromatic N) is 2. The van der Waals surface area contributed by atoms with Crippen LogP contribution in [0.3, 0.4) is 0 Å². The third kappa shape index (κ3) is 9.39. The van der Waals surface area contributed by atoms with Gasteiger partial charge in [0.15, 0.2) is 0 Å². The molecule has 0 saturated heterocycles. The molecule has 0 aliphatic heterocycles. The van der Waals surface area contributed by atoms with Gasteiger partial charge in [-0.1, -0.05) is 49.2 Å². The van der Waals surface area contributed by atoms with Crippen molar-refractivity contribution in [3.05, 3.63) is 58.1 Å². The second-order valence-corrected chi connectivity index (χ2v) is 12.0. The van der Waals surface area contributed by atoms with Gasteiger partial charge in [-0.05, 0) is 55.2 Å². The Balaban J connectivity index is 2.21. The first kappa shape index (κ1) is 30.7. The van der Waals surface area contributed by atoms with Gasteiger partial charge in [-0.15, -0.1) is 0 Å². The number of carbonyl (C=O) groups is 2. The minimum absolute atomic E-state index is 0.0194. The Labute approximate surface area is 229 Å². The lowest BCUT2D eigenvalue weighted by Crippen LogP contribution is -2.48. The van der Waals surface area contributed by atoms with E-state index in [0.29, 0.717) is 17.3 Å². The molecular weight excluding hydrogens is 537 g/mol. The lowest BCUT2D eigenvalue weighted by atomic mass is 10.1. The SMILES string of the molecule is COc1cccc(CN(C(=O)CCCN(c2cc(Cl)ccc2Cl)S(C)(=O)=O)[C@@H](C)C(=O)NCC(C)C)c1. The van der Waals surface area contributed by atoms with E-state index in [1.807, 2.05) is 32.0 Å². The van der Waals surface area contributed by atoms with Crippen LogP contribution >= 0.6 is 23.2 Å². The van der Waals surface area contributed by atoms with Crippen molar-refractivity contribution in [3.63, 3.8) is 0 Å².